The molecule has 0 aliphatic rings. The minimum absolute atomic E-state index is 0.0766. The van der Waals surface area contributed by atoms with Gasteiger partial charge in [0.1, 0.15) is 11.9 Å². The fraction of sp³-hybridized carbons (Fsp3) is 0.333. The van der Waals surface area contributed by atoms with Crippen LogP contribution >= 0.6 is 0 Å². The Hall–Kier alpha value is -1.10. The highest BCUT2D eigenvalue weighted by Gasteiger charge is 2.07. The number of aliphatic hydroxyl groups is 1. The van der Waals surface area contributed by atoms with Crippen LogP contribution in [-0.2, 0) is 4.84 Å². The normalized spacial score (nSPS) is 12.5. The maximum atomic E-state index is 9.48. The van der Waals surface area contributed by atoms with Crippen LogP contribution in [0.3, 0.4) is 0 Å². The first-order valence-corrected chi connectivity index (χ1v) is 3.91. The van der Waals surface area contributed by atoms with E-state index in [2.05, 4.69) is 4.84 Å². The van der Waals surface area contributed by atoms with Gasteiger partial charge < -0.3 is 14.7 Å². The Morgan fingerprint density at radius 3 is 2.92 bits per heavy atom. The lowest BCUT2D eigenvalue weighted by molar-refractivity contribution is 0.0358. The summed E-state index contributed by atoms with van der Waals surface area (Å²) in [4.78, 5) is 4.34. The Morgan fingerprint density at radius 2 is 2.31 bits per heavy atom. The largest absolute Gasteiger partial charge is 0.497 e. The Kier molecular flexibility index (Phi) is 3.70. The predicted octanol–water partition coefficient (Wildman–Crippen LogP) is 0.619. The SMILES string of the molecule is COc1cccc(C(O)CON)c1. The molecule has 0 aliphatic heterocycles. The lowest BCUT2D eigenvalue weighted by Gasteiger charge is -2.10. The average Bonchev–Trinajstić information content (AvgIpc) is 2.18. The first-order chi connectivity index (χ1) is 6.27. The maximum Gasteiger partial charge on any atom is 0.119 e. The molecule has 0 fully saturated rings. The van der Waals surface area contributed by atoms with Crippen molar-refractivity contribution in [3.8, 4) is 5.75 Å². The summed E-state index contributed by atoms with van der Waals surface area (Å²) in [5.41, 5.74) is 0.727. The number of hydrogen-bond acceptors (Lipinski definition) is 4. The van der Waals surface area contributed by atoms with E-state index in [0.29, 0.717) is 5.75 Å². The van der Waals surface area contributed by atoms with E-state index in [1.807, 2.05) is 0 Å². The van der Waals surface area contributed by atoms with Crippen LogP contribution in [0.2, 0.25) is 0 Å². The Balaban J connectivity index is 2.75. The fourth-order valence-electron chi connectivity index (χ4n) is 1.04. The number of methoxy groups -OCH3 is 1. The van der Waals surface area contributed by atoms with Gasteiger partial charge in [0.05, 0.1) is 13.7 Å². The molecule has 1 aromatic carbocycles. The molecule has 0 bridgehead atoms. The van der Waals surface area contributed by atoms with Gasteiger partial charge in [-0.15, -0.1) is 0 Å². The van der Waals surface area contributed by atoms with Crippen LogP contribution < -0.4 is 10.6 Å². The van der Waals surface area contributed by atoms with Crippen LogP contribution in [0.4, 0.5) is 0 Å². The van der Waals surface area contributed by atoms with Gasteiger partial charge in [0.25, 0.3) is 0 Å². The van der Waals surface area contributed by atoms with Crippen molar-refractivity contribution < 1.29 is 14.7 Å². The molecular formula is C9H13NO3. The molecule has 0 saturated carbocycles. The summed E-state index contributed by atoms with van der Waals surface area (Å²) < 4.78 is 5.00. The van der Waals surface area contributed by atoms with E-state index in [-0.39, 0.29) is 6.61 Å². The van der Waals surface area contributed by atoms with Crippen molar-refractivity contribution in [2.24, 2.45) is 5.90 Å². The summed E-state index contributed by atoms with van der Waals surface area (Å²) in [6.45, 7) is 0.0766. The molecule has 1 aromatic rings. The standard InChI is InChI=1S/C9H13NO3/c1-12-8-4-2-3-7(5-8)9(11)6-13-10/h2-5,9,11H,6,10H2,1H3. The van der Waals surface area contributed by atoms with Gasteiger partial charge in [0.15, 0.2) is 0 Å². The molecule has 3 N–H and O–H groups in total. The molecule has 1 unspecified atom stereocenters. The zero-order chi connectivity index (χ0) is 9.68. The fourth-order valence-corrected chi connectivity index (χ4v) is 1.04. The number of ether oxygens (including phenoxy) is 1. The van der Waals surface area contributed by atoms with Gasteiger partial charge in [0, 0.05) is 0 Å². The van der Waals surface area contributed by atoms with Crippen LogP contribution in [0.5, 0.6) is 5.75 Å². The highest BCUT2D eigenvalue weighted by molar-refractivity contribution is 5.29. The van der Waals surface area contributed by atoms with E-state index in [0.717, 1.165) is 5.56 Å². The molecule has 0 saturated heterocycles. The summed E-state index contributed by atoms with van der Waals surface area (Å²) in [5.74, 6) is 5.55. The molecule has 13 heavy (non-hydrogen) atoms. The molecule has 0 spiro atoms. The average molecular weight is 183 g/mol. The number of aliphatic hydroxyl groups excluding tert-OH is 1. The topological polar surface area (TPSA) is 64.7 Å². The summed E-state index contributed by atoms with van der Waals surface area (Å²) in [6, 6.07) is 7.13. The monoisotopic (exact) mass is 183 g/mol. The molecule has 0 aromatic heterocycles. The number of nitrogens with two attached hydrogens (primary N) is 1. The van der Waals surface area contributed by atoms with E-state index < -0.39 is 6.10 Å². The first-order valence-electron chi connectivity index (χ1n) is 3.91. The molecule has 72 valence electrons. The highest BCUT2D eigenvalue weighted by Crippen LogP contribution is 2.18. The van der Waals surface area contributed by atoms with Crippen molar-refractivity contribution in [2.75, 3.05) is 13.7 Å². The lowest BCUT2D eigenvalue weighted by Crippen LogP contribution is -2.10. The second kappa shape index (κ2) is 4.81. The predicted molar refractivity (Wildman–Crippen MR) is 48.1 cm³/mol. The second-order valence-electron chi connectivity index (χ2n) is 2.63. The van der Waals surface area contributed by atoms with E-state index in [1.54, 1.807) is 31.4 Å². The minimum atomic E-state index is -0.708. The van der Waals surface area contributed by atoms with Crippen LogP contribution in [0.25, 0.3) is 0 Å². The molecule has 4 nitrogen and oxygen atoms in total. The minimum Gasteiger partial charge on any atom is -0.497 e. The smallest absolute Gasteiger partial charge is 0.119 e. The molecule has 0 radical (unpaired) electrons. The first kappa shape index (κ1) is 9.98. The van der Waals surface area contributed by atoms with Gasteiger partial charge in [-0.25, -0.2) is 5.90 Å². The molecule has 1 atom stereocenters. The maximum absolute atomic E-state index is 9.48. The zero-order valence-corrected chi connectivity index (χ0v) is 7.43. The van der Waals surface area contributed by atoms with Crippen LogP contribution in [0.15, 0.2) is 24.3 Å². The third-order valence-electron chi connectivity index (χ3n) is 1.73. The Bertz CT molecular complexity index is 265. The van der Waals surface area contributed by atoms with E-state index in [1.165, 1.54) is 0 Å². The third-order valence-corrected chi connectivity index (χ3v) is 1.73. The lowest BCUT2D eigenvalue weighted by atomic mass is 10.1. The van der Waals surface area contributed by atoms with Crippen molar-refractivity contribution in [1.29, 1.82) is 0 Å². The van der Waals surface area contributed by atoms with Gasteiger partial charge >= 0.3 is 0 Å². The highest BCUT2D eigenvalue weighted by atomic mass is 16.6. The van der Waals surface area contributed by atoms with Crippen LogP contribution in [0, 0.1) is 0 Å². The van der Waals surface area contributed by atoms with Gasteiger partial charge in [-0.05, 0) is 17.7 Å². The summed E-state index contributed by atoms with van der Waals surface area (Å²) >= 11 is 0. The quantitative estimate of drug-likeness (QED) is 0.671. The van der Waals surface area contributed by atoms with Crippen LogP contribution in [0.1, 0.15) is 11.7 Å². The van der Waals surface area contributed by atoms with Crippen molar-refractivity contribution in [1.82, 2.24) is 0 Å². The number of benzene rings is 1. The summed E-state index contributed by atoms with van der Waals surface area (Å²) in [7, 11) is 1.57. The summed E-state index contributed by atoms with van der Waals surface area (Å²) in [5, 5.41) is 9.48. The van der Waals surface area contributed by atoms with Gasteiger partial charge in [-0.3, -0.25) is 0 Å². The Morgan fingerprint density at radius 1 is 1.54 bits per heavy atom. The number of hydrogen-bond donors (Lipinski definition) is 2. The summed E-state index contributed by atoms with van der Waals surface area (Å²) in [6.07, 6.45) is -0.708. The van der Waals surface area contributed by atoms with Crippen molar-refractivity contribution >= 4 is 0 Å². The Labute approximate surface area is 76.8 Å². The molecular weight excluding hydrogens is 170 g/mol. The molecule has 4 heteroatoms. The van der Waals surface area contributed by atoms with Crippen LogP contribution in [-0.4, -0.2) is 18.8 Å². The molecule has 0 aliphatic carbocycles. The van der Waals surface area contributed by atoms with E-state index in [4.69, 9.17) is 10.6 Å². The zero-order valence-electron chi connectivity index (χ0n) is 7.43. The van der Waals surface area contributed by atoms with Crippen molar-refractivity contribution in [3.05, 3.63) is 29.8 Å². The molecule has 0 amide bonds. The number of rotatable bonds is 4. The second-order valence-corrected chi connectivity index (χ2v) is 2.63. The van der Waals surface area contributed by atoms with Gasteiger partial charge in [0.2, 0.25) is 0 Å². The van der Waals surface area contributed by atoms with Gasteiger partial charge in [-0.1, -0.05) is 12.1 Å². The molecule has 0 heterocycles. The van der Waals surface area contributed by atoms with Crippen molar-refractivity contribution in [3.63, 3.8) is 0 Å². The third kappa shape index (κ3) is 2.69. The van der Waals surface area contributed by atoms with Crippen molar-refractivity contribution in [2.45, 2.75) is 6.10 Å². The van der Waals surface area contributed by atoms with E-state index in [9.17, 15) is 5.11 Å². The van der Waals surface area contributed by atoms with E-state index >= 15 is 0 Å². The molecule has 1 rings (SSSR count). The van der Waals surface area contributed by atoms with Gasteiger partial charge in [-0.2, -0.15) is 0 Å².